The molecule has 1 aromatic heterocycles. The van der Waals surface area contributed by atoms with Gasteiger partial charge in [0.25, 0.3) is 0 Å². The van der Waals surface area contributed by atoms with Crippen molar-refractivity contribution in [3.63, 3.8) is 0 Å². The fourth-order valence-electron chi connectivity index (χ4n) is 3.38. The molecule has 0 radical (unpaired) electrons. The highest BCUT2D eigenvalue weighted by atomic mass is 16.5. The van der Waals surface area contributed by atoms with Crippen LogP contribution in [-0.4, -0.2) is 85.8 Å². The number of carbonyl (C=O) groups excluding carboxylic acids is 1. The maximum Gasteiger partial charge on any atom is 0.243 e. The molecule has 2 N–H and O–H groups in total. The summed E-state index contributed by atoms with van der Waals surface area (Å²) in [5.41, 5.74) is 0. The lowest BCUT2D eigenvalue weighted by Gasteiger charge is -2.34. The number of aliphatic imine (C=N–C) groups is 1. The summed E-state index contributed by atoms with van der Waals surface area (Å²) >= 11 is 0. The Labute approximate surface area is 166 Å². The second-order valence-corrected chi connectivity index (χ2v) is 7.46. The third kappa shape index (κ3) is 6.05. The van der Waals surface area contributed by atoms with E-state index in [4.69, 9.17) is 4.74 Å². The molecule has 3 heterocycles. The van der Waals surface area contributed by atoms with E-state index in [1.807, 2.05) is 6.07 Å². The van der Waals surface area contributed by atoms with Crippen molar-refractivity contribution in [1.29, 1.82) is 0 Å². The van der Waals surface area contributed by atoms with E-state index in [1.165, 1.54) is 0 Å². The van der Waals surface area contributed by atoms with Crippen LogP contribution in [0.1, 0.15) is 25.7 Å². The molecule has 3 rings (SSSR count). The Bertz CT molecular complexity index is 647. The number of nitrogens with zero attached hydrogens (tertiary/aromatic N) is 5. The summed E-state index contributed by atoms with van der Waals surface area (Å²) in [6.07, 6.45) is 7.52. The van der Waals surface area contributed by atoms with Crippen LogP contribution in [0.15, 0.2) is 23.5 Å². The molecule has 0 saturated carbocycles. The maximum atomic E-state index is 12.0. The van der Waals surface area contributed by atoms with Crippen molar-refractivity contribution in [2.45, 2.75) is 37.8 Å². The number of hydrogen-bond donors (Lipinski definition) is 2. The second-order valence-electron chi connectivity index (χ2n) is 7.46. The van der Waals surface area contributed by atoms with Crippen LogP contribution in [0.25, 0.3) is 0 Å². The number of likely N-dealkylation sites (N-methyl/N-ethyl adjacent to an activating group) is 1. The van der Waals surface area contributed by atoms with Gasteiger partial charge in [-0.1, -0.05) is 0 Å². The van der Waals surface area contributed by atoms with Crippen LogP contribution in [0, 0.1) is 0 Å². The Kier molecular flexibility index (Phi) is 7.41. The lowest BCUT2D eigenvalue weighted by atomic mass is 10.1. The summed E-state index contributed by atoms with van der Waals surface area (Å²) in [5.74, 6) is 1.44. The molecule has 9 heteroatoms. The molecule has 0 spiro atoms. The first-order valence-corrected chi connectivity index (χ1v) is 9.99. The fourth-order valence-corrected chi connectivity index (χ4v) is 3.38. The van der Waals surface area contributed by atoms with Crippen LogP contribution in [0.3, 0.4) is 0 Å². The summed E-state index contributed by atoms with van der Waals surface area (Å²) in [6, 6.07) is 2.36. The van der Waals surface area contributed by atoms with E-state index in [0.717, 1.165) is 57.9 Å². The molecule has 1 aromatic rings. The minimum Gasteiger partial charge on any atom is -0.381 e. The number of piperidine rings is 1. The predicted molar refractivity (Wildman–Crippen MR) is 108 cm³/mol. The van der Waals surface area contributed by atoms with Gasteiger partial charge < -0.3 is 25.2 Å². The first-order valence-electron chi connectivity index (χ1n) is 9.99. The van der Waals surface area contributed by atoms with Crippen LogP contribution in [0.4, 0.5) is 5.95 Å². The predicted octanol–water partition coefficient (Wildman–Crippen LogP) is 0.248. The first-order chi connectivity index (χ1) is 13.6. The standard InChI is InChI=1S/C19H31N7O2/c1-25(2)17(27)13-22-18(23-15-6-11-28-12-7-15)24-16-5-3-10-26(14-16)19-20-8-4-9-21-19/h4,8-9,15-16H,3,5-7,10-14H2,1-2H3,(H2,22,23,24). The van der Waals surface area contributed by atoms with Gasteiger partial charge in [-0.25, -0.2) is 15.0 Å². The zero-order chi connectivity index (χ0) is 19.8. The smallest absolute Gasteiger partial charge is 0.243 e. The SMILES string of the molecule is CN(C)C(=O)CN=C(NC1CCOCC1)NC1CCCN(c2ncccn2)C1. The average molecular weight is 390 g/mol. The van der Waals surface area contributed by atoms with Gasteiger partial charge in [-0.3, -0.25) is 4.79 Å². The maximum absolute atomic E-state index is 12.0. The molecule has 0 aliphatic carbocycles. The van der Waals surface area contributed by atoms with Gasteiger partial charge in [0, 0.05) is 64.9 Å². The highest BCUT2D eigenvalue weighted by molar-refractivity contribution is 5.85. The van der Waals surface area contributed by atoms with E-state index in [0.29, 0.717) is 12.0 Å². The Morgan fingerprint density at radius 1 is 1.21 bits per heavy atom. The molecular formula is C19H31N7O2. The number of hydrogen-bond acceptors (Lipinski definition) is 6. The molecule has 1 atom stereocenters. The molecular weight excluding hydrogens is 358 g/mol. The van der Waals surface area contributed by atoms with E-state index in [2.05, 4.69) is 30.5 Å². The average Bonchev–Trinajstić information content (AvgIpc) is 2.73. The normalized spacial score (nSPS) is 21.3. The largest absolute Gasteiger partial charge is 0.381 e. The molecule has 28 heavy (non-hydrogen) atoms. The number of ether oxygens (including phenoxy) is 1. The van der Waals surface area contributed by atoms with Gasteiger partial charge in [0.15, 0.2) is 5.96 Å². The van der Waals surface area contributed by atoms with Crippen LogP contribution < -0.4 is 15.5 Å². The third-order valence-electron chi connectivity index (χ3n) is 5.03. The van der Waals surface area contributed by atoms with Crippen LogP contribution >= 0.6 is 0 Å². The first kappa shape index (κ1) is 20.3. The van der Waals surface area contributed by atoms with Crippen molar-refractivity contribution < 1.29 is 9.53 Å². The number of nitrogens with one attached hydrogen (secondary N) is 2. The Balaban J connectivity index is 1.63. The number of rotatable bonds is 5. The van der Waals surface area contributed by atoms with Gasteiger partial charge in [-0.15, -0.1) is 0 Å². The zero-order valence-corrected chi connectivity index (χ0v) is 16.8. The van der Waals surface area contributed by atoms with E-state index in [9.17, 15) is 4.79 Å². The Morgan fingerprint density at radius 2 is 1.93 bits per heavy atom. The Hall–Kier alpha value is -2.42. The highest BCUT2D eigenvalue weighted by Gasteiger charge is 2.24. The number of guanidine groups is 1. The van der Waals surface area contributed by atoms with Gasteiger partial charge in [0.1, 0.15) is 6.54 Å². The quantitative estimate of drug-likeness (QED) is 0.550. The number of carbonyl (C=O) groups is 1. The van der Waals surface area contributed by atoms with Crippen molar-refractivity contribution >= 4 is 17.8 Å². The van der Waals surface area contributed by atoms with Gasteiger partial charge >= 0.3 is 0 Å². The number of aromatic nitrogens is 2. The van der Waals surface area contributed by atoms with Crippen molar-refractivity contribution in [3.05, 3.63) is 18.5 Å². The molecule has 1 unspecified atom stereocenters. The minimum atomic E-state index is -0.0176. The summed E-state index contributed by atoms with van der Waals surface area (Å²) in [5, 5.41) is 7.02. The number of amides is 1. The van der Waals surface area contributed by atoms with Gasteiger partial charge in [-0.2, -0.15) is 0 Å². The van der Waals surface area contributed by atoms with Crippen molar-refractivity contribution in [3.8, 4) is 0 Å². The molecule has 2 aliphatic heterocycles. The third-order valence-corrected chi connectivity index (χ3v) is 5.03. The highest BCUT2D eigenvalue weighted by Crippen LogP contribution is 2.15. The minimum absolute atomic E-state index is 0.0176. The summed E-state index contributed by atoms with van der Waals surface area (Å²) < 4.78 is 5.44. The van der Waals surface area contributed by atoms with Crippen molar-refractivity contribution in [2.75, 3.05) is 51.8 Å². The van der Waals surface area contributed by atoms with E-state index < -0.39 is 0 Å². The monoisotopic (exact) mass is 389 g/mol. The molecule has 0 bridgehead atoms. The zero-order valence-electron chi connectivity index (χ0n) is 16.8. The van der Waals surface area contributed by atoms with Crippen LogP contribution in [-0.2, 0) is 9.53 Å². The van der Waals surface area contributed by atoms with Crippen molar-refractivity contribution in [2.24, 2.45) is 4.99 Å². The molecule has 2 fully saturated rings. The van der Waals surface area contributed by atoms with Crippen LogP contribution in [0.5, 0.6) is 0 Å². The molecule has 154 valence electrons. The molecule has 0 aromatic carbocycles. The molecule has 2 aliphatic rings. The Morgan fingerprint density at radius 3 is 2.64 bits per heavy atom. The summed E-state index contributed by atoms with van der Waals surface area (Å²) in [6.45, 7) is 3.39. The molecule has 1 amide bonds. The van der Waals surface area contributed by atoms with Gasteiger partial charge in [-0.05, 0) is 31.7 Å². The van der Waals surface area contributed by atoms with E-state index in [1.54, 1.807) is 31.4 Å². The summed E-state index contributed by atoms with van der Waals surface area (Å²) in [4.78, 5) is 29.0. The second kappa shape index (κ2) is 10.2. The molecule has 2 saturated heterocycles. The fraction of sp³-hybridized carbons (Fsp3) is 0.684. The van der Waals surface area contributed by atoms with Crippen LogP contribution in [0.2, 0.25) is 0 Å². The lowest BCUT2D eigenvalue weighted by Crippen LogP contribution is -2.54. The topological polar surface area (TPSA) is 95.0 Å². The van der Waals surface area contributed by atoms with Crippen molar-refractivity contribution in [1.82, 2.24) is 25.5 Å². The lowest BCUT2D eigenvalue weighted by molar-refractivity contribution is -0.127. The van der Waals surface area contributed by atoms with Gasteiger partial charge in [0.2, 0.25) is 11.9 Å². The molecule has 9 nitrogen and oxygen atoms in total. The summed E-state index contributed by atoms with van der Waals surface area (Å²) in [7, 11) is 3.49. The van der Waals surface area contributed by atoms with E-state index in [-0.39, 0.29) is 18.5 Å². The van der Waals surface area contributed by atoms with Gasteiger partial charge in [0.05, 0.1) is 0 Å². The van der Waals surface area contributed by atoms with E-state index >= 15 is 0 Å². The number of anilines is 1.